The first-order valence-corrected chi connectivity index (χ1v) is 7.09. The van der Waals surface area contributed by atoms with Gasteiger partial charge in [-0.25, -0.2) is 4.98 Å². The monoisotopic (exact) mass is 368 g/mol. The van der Waals surface area contributed by atoms with Crippen molar-refractivity contribution >= 4 is 55.1 Å². The summed E-state index contributed by atoms with van der Waals surface area (Å²) in [5, 5.41) is 3.95. The molecule has 0 spiro atoms. The van der Waals surface area contributed by atoms with E-state index in [4.69, 9.17) is 11.6 Å². The number of aromatic nitrogens is 1. The van der Waals surface area contributed by atoms with E-state index in [1.54, 1.807) is 12.3 Å². The maximum Gasteiger partial charge on any atom is 0.224 e. The number of anilines is 1. The molecule has 1 rings (SSSR count). The zero-order valence-electron chi connectivity index (χ0n) is 8.47. The number of nitrogens with one attached hydrogen (secondary N) is 1. The van der Waals surface area contributed by atoms with Crippen LogP contribution in [0.3, 0.4) is 0 Å². The fourth-order valence-corrected chi connectivity index (χ4v) is 1.98. The Morgan fingerprint density at radius 1 is 1.50 bits per heavy atom. The number of alkyl halides is 1. The van der Waals surface area contributed by atoms with Gasteiger partial charge in [-0.3, -0.25) is 4.79 Å². The Morgan fingerprint density at radius 2 is 2.25 bits per heavy atom. The van der Waals surface area contributed by atoms with Crippen LogP contribution in [0, 0.1) is 0 Å². The van der Waals surface area contributed by atoms with Crippen molar-refractivity contribution in [1.82, 2.24) is 4.98 Å². The molecule has 0 aliphatic heterocycles. The van der Waals surface area contributed by atoms with Crippen molar-refractivity contribution in [3.63, 3.8) is 0 Å². The van der Waals surface area contributed by atoms with Crippen LogP contribution in [0.2, 0.25) is 5.15 Å². The molecule has 0 saturated heterocycles. The minimum atomic E-state index is -0.0391. The van der Waals surface area contributed by atoms with E-state index in [1.807, 2.05) is 0 Å². The minimum absolute atomic E-state index is 0.0391. The van der Waals surface area contributed by atoms with Crippen LogP contribution in [0.25, 0.3) is 0 Å². The lowest BCUT2D eigenvalue weighted by atomic mass is 10.2. The predicted octanol–water partition coefficient (Wildman–Crippen LogP) is 4.00. The number of amides is 1. The molecule has 0 bridgehead atoms. The first-order valence-electron chi connectivity index (χ1n) is 4.80. The molecule has 0 aromatic carbocycles. The highest BCUT2D eigenvalue weighted by molar-refractivity contribution is 9.10. The van der Waals surface area contributed by atoms with Gasteiger partial charge in [0, 0.05) is 22.4 Å². The van der Waals surface area contributed by atoms with E-state index in [-0.39, 0.29) is 5.91 Å². The van der Waals surface area contributed by atoms with Crippen molar-refractivity contribution in [2.24, 2.45) is 0 Å². The molecule has 0 aliphatic rings. The maximum atomic E-state index is 11.5. The van der Waals surface area contributed by atoms with Gasteiger partial charge in [0.05, 0.1) is 5.69 Å². The van der Waals surface area contributed by atoms with Gasteiger partial charge in [-0.15, -0.1) is 0 Å². The van der Waals surface area contributed by atoms with E-state index in [1.165, 1.54) is 0 Å². The van der Waals surface area contributed by atoms with Crippen molar-refractivity contribution < 1.29 is 4.79 Å². The number of rotatable bonds is 5. The molecule has 6 heteroatoms. The van der Waals surface area contributed by atoms with E-state index in [2.05, 4.69) is 42.2 Å². The quantitative estimate of drug-likeness (QED) is 0.484. The molecule has 1 heterocycles. The Morgan fingerprint density at radius 3 is 2.94 bits per heavy atom. The molecule has 0 radical (unpaired) electrons. The highest BCUT2D eigenvalue weighted by atomic mass is 79.9. The topological polar surface area (TPSA) is 42.0 Å². The van der Waals surface area contributed by atoms with E-state index >= 15 is 0 Å². The first-order chi connectivity index (χ1) is 7.63. The number of unbranched alkanes of at least 4 members (excludes halogenated alkanes) is 1. The number of halogens is 3. The standard InChI is InChI=1S/C10H11Br2ClN2O/c11-4-2-1-3-9(16)15-8-5-7(12)6-14-10(8)13/h5-6H,1-4H2,(H,15,16). The summed E-state index contributed by atoms with van der Waals surface area (Å²) in [6, 6.07) is 1.73. The molecule has 16 heavy (non-hydrogen) atoms. The van der Waals surface area contributed by atoms with Gasteiger partial charge in [0.15, 0.2) is 5.15 Å². The van der Waals surface area contributed by atoms with E-state index in [9.17, 15) is 4.79 Å². The summed E-state index contributed by atoms with van der Waals surface area (Å²) in [7, 11) is 0. The predicted molar refractivity (Wildman–Crippen MR) is 73.2 cm³/mol. The third-order valence-corrected chi connectivity index (χ3v) is 3.16. The van der Waals surface area contributed by atoms with Crippen LogP contribution in [-0.4, -0.2) is 16.2 Å². The summed E-state index contributed by atoms with van der Waals surface area (Å²) in [5.41, 5.74) is 0.542. The summed E-state index contributed by atoms with van der Waals surface area (Å²) in [5.74, 6) is -0.0391. The third kappa shape index (κ3) is 4.80. The Hall–Kier alpha value is -0.130. The number of hydrogen-bond donors (Lipinski definition) is 1. The van der Waals surface area contributed by atoms with Crippen molar-refractivity contribution in [3.8, 4) is 0 Å². The highest BCUT2D eigenvalue weighted by Gasteiger charge is 2.06. The zero-order chi connectivity index (χ0) is 12.0. The van der Waals surface area contributed by atoms with Gasteiger partial charge in [0.1, 0.15) is 0 Å². The molecule has 0 unspecified atom stereocenters. The van der Waals surface area contributed by atoms with Crippen LogP contribution in [0.5, 0.6) is 0 Å². The average molecular weight is 370 g/mol. The lowest BCUT2D eigenvalue weighted by Crippen LogP contribution is -2.11. The highest BCUT2D eigenvalue weighted by Crippen LogP contribution is 2.23. The van der Waals surface area contributed by atoms with Gasteiger partial charge < -0.3 is 5.32 Å². The fourth-order valence-electron chi connectivity index (χ4n) is 1.10. The third-order valence-electron chi connectivity index (χ3n) is 1.87. The SMILES string of the molecule is O=C(CCCCBr)Nc1cc(Br)cnc1Cl. The van der Waals surface area contributed by atoms with Crippen LogP contribution in [0.1, 0.15) is 19.3 Å². The van der Waals surface area contributed by atoms with Gasteiger partial charge in [-0.2, -0.15) is 0 Å². The molecule has 0 saturated carbocycles. The number of nitrogens with zero attached hydrogens (tertiary/aromatic N) is 1. The van der Waals surface area contributed by atoms with Crippen LogP contribution >= 0.6 is 43.5 Å². The molecule has 3 nitrogen and oxygen atoms in total. The molecule has 0 atom stereocenters. The Labute approximate surface area is 116 Å². The molecule has 88 valence electrons. The van der Waals surface area contributed by atoms with E-state index in [0.717, 1.165) is 22.6 Å². The van der Waals surface area contributed by atoms with Crippen LogP contribution in [-0.2, 0) is 4.79 Å². The molecule has 0 aliphatic carbocycles. The Balaban J connectivity index is 2.52. The van der Waals surface area contributed by atoms with Crippen LogP contribution in [0.15, 0.2) is 16.7 Å². The number of carbonyl (C=O) groups is 1. The van der Waals surface area contributed by atoms with Gasteiger partial charge >= 0.3 is 0 Å². The lowest BCUT2D eigenvalue weighted by Gasteiger charge is -2.06. The first kappa shape index (κ1) is 13.9. The second kappa shape index (κ2) is 7.25. The lowest BCUT2D eigenvalue weighted by molar-refractivity contribution is -0.116. The Kier molecular flexibility index (Phi) is 6.31. The molecule has 1 aromatic heterocycles. The van der Waals surface area contributed by atoms with Crippen molar-refractivity contribution in [2.45, 2.75) is 19.3 Å². The maximum absolute atomic E-state index is 11.5. The smallest absolute Gasteiger partial charge is 0.224 e. The summed E-state index contributed by atoms with van der Waals surface area (Å²) in [6.07, 6.45) is 3.92. The van der Waals surface area contributed by atoms with Gasteiger partial charge in [0.2, 0.25) is 5.91 Å². The fraction of sp³-hybridized carbons (Fsp3) is 0.400. The van der Waals surface area contributed by atoms with E-state index < -0.39 is 0 Å². The number of pyridine rings is 1. The summed E-state index contributed by atoms with van der Waals surface area (Å²) < 4.78 is 0.785. The van der Waals surface area contributed by atoms with Crippen molar-refractivity contribution in [1.29, 1.82) is 0 Å². The molecule has 1 N–H and O–H groups in total. The van der Waals surface area contributed by atoms with Crippen molar-refractivity contribution in [2.75, 3.05) is 10.6 Å². The van der Waals surface area contributed by atoms with Gasteiger partial charge in [-0.05, 0) is 34.8 Å². The van der Waals surface area contributed by atoms with Crippen molar-refractivity contribution in [3.05, 3.63) is 21.9 Å². The molecule has 1 aromatic rings. The second-order valence-corrected chi connectivity index (χ2v) is 5.25. The molecular weight excluding hydrogens is 359 g/mol. The number of hydrogen-bond acceptors (Lipinski definition) is 2. The summed E-state index contributed by atoms with van der Waals surface area (Å²) >= 11 is 12.4. The average Bonchev–Trinajstić information content (AvgIpc) is 2.24. The molecule has 1 amide bonds. The summed E-state index contributed by atoms with van der Waals surface area (Å²) in [4.78, 5) is 15.4. The zero-order valence-corrected chi connectivity index (χ0v) is 12.4. The number of carbonyl (C=O) groups excluding carboxylic acids is 1. The van der Waals surface area contributed by atoms with Crippen LogP contribution in [0.4, 0.5) is 5.69 Å². The van der Waals surface area contributed by atoms with Gasteiger partial charge in [0.25, 0.3) is 0 Å². The molecular formula is C10H11Br2ClN2O. The largest absolute Gasteiger partial charge is 0.323 e. The summed E-state index contributed by atoms with van der Waals surface area (Å²) in [6.45, 7) is 0. The molecule has 0 fully saturated rings. The normalized spacial score (nSPS) is 10.2. The van der Waals surface area contributed by atoms with Crippen LogP contribution < -0.4 is 5.32 Å². The second-order valence-electron chi connectivity index (χ2n) is 3.19. The van der Waals surface area contributed by atoms with Gasteiger partial charge in [-0.1, -0.05) is 27.5 Å². The minimum Gasteiger partial charge on any atom is -0.323 e. The van der Waals surface area contributed by atoms with E-state index in [0.29, 0.717) is 17.3 Å². The Bertz CT molecular complexity index is 374.